The Hall–Kier alpha value is -1.26. The summed E-state index contributed by atoms with van der Waals surface area (Å²) in [6.07, 6.45) is 1.97. The van der Waals surface area contributed by atoms with Crippen molar-refractivity contribution in [3.63, 3.8) is 0 Å². The first-order valence-electron chi connectivity index (χ1n) is 6.73. The number of hydrogen-bond acceptors (Lipinski definition) is 4. The van der Waals surface area contributed by atoms with Gasteiger partial charge in [0.25, 0.3) is 0 Å². The zero-order valence-corrected chi connectivity index (χ0v) is 11.9. The lowest BCUT2D eigenvalue weighted by atomic mass is 9.86. The SMILES string of the molecule is COc1cc(C)cc(OC)c1[C@H](N)C1CCOCC1. The first-order valence-corrected chi connectivity index (χ1v) is 6.73. The Morgan fingerprint density at radius 1 is 1.16 bits per heavy atom. The standard InChI is InChI=1S/C15H23NO3/c1-10-8-12(17-2)14(13(9-10)18-3)15(16)11-4-6-19-7-5-11/h8-9,11,15H,4-7,16H2,1-3H3/t15-/m1/s1. The van der Waals surface area contributed by atoms with Crippen molar-refractivity contribution in [2.24, 2.45) is 11.7 Å². The Morgan fingerprint density at radius 2 is 1.68 bits per heavy atom. The van der Waals surface area contributed by atoms with Crippen LogP contribution in [0.1, 0.15) is 30.0 Å². The predicted octanol–water partition coefficient (Wildman–Crippen LogP) is 2.44. The van der Waals surface area contributed by atoms with Crippen LogP contribution in [-0.4, -0.2) is 27.4 Å². The lowest BCUT2D eigenvalue weighted by molar-refractivity contribution is 0.0578. The van der Waals surface area contributed by atoms with Crippen LogP contribution in [0.3, 0.4) is 0 Å². The molecule has 1 aliphatic heterocycles. The molecule has 1 aliphatic rings. The van der Waals surface area contributed by atoms with Crippen molar-refractivity contribution in [1.82, 2.24) is 0 Å². The molecule has 0 amide bonds. The highest BCUT2D eigenvalue weighted by molar-refractivity contribution is 5.49. The average Bonchev–Trinajstić information content (AvgIpc) is 2.46. The molecule has 1 atom stereocenters. The van der Waals surface area contributed by atoms with Crippen LogP contribution in [0.5, 0.6) is 11.5 Å². The monoisotopic (exact) mass is 265 g/mol. The molecule has 0 bridgehead atoms. The van der Waals surface area contributed by atoms with Crippen LogP contribution in [0.4, 0.5) is 0 Å². The molecule has 19 heavy (non-hydrogen) atoms. The fraction of sp³-hybridized carbons (Fsp3) is 0.600. The summed E-state index contributed by atoms with van der Waals surface area (Å²) in [5, 5.41) is 0. The van der Waals surface area contributed by atoms with Crippen molar-refractivity contribution < 1.29 is 14.2 Å². The highest BCUT2D eigenvalue weighted by Crippen LogP contribution is 2.39. The van der Waals surface area contributed by atoms with E-state index in [1.54, 1.807) is 14.2 Å². The highest BCUT2D eigenvalue weighted by atomic mass is 16.5. The summed E-state index contributed by atoms with van der Waals surface area (Å²) in [6.45, 7) is 3.60. The van der Waals surface area contributed by atoms with E-state index in [0.29, 0.717) is 5.92 Å². The fourth-order valence-corrected chi connectivity index (χ4v) is 2.71. The smallest absolute Gasteiger partial charge is 0.127 e. The highest BCUT2D eigenvalue weighted by Gasteiger charge is 2.27. The van der Waals surface area contributed by atoms with Crippen LogP contribution >= 0.6 is 0 Å². The van der Waals surface area contributed by atoms with Gasteiger partial charge in [0.15, 0.2) is 0 Å². The van der Waals surface area contributed by atoms with Gasteiger partial charge in [-0.25, -0.2) is 0 Å². The maximum absolute atomic E-state index is 6.46. The second-order valence-corrected chi connectivity index (χ2v) is 5.06. The van der Waals surface area contributed by atoms with Gasteiger partial charge >= 0.3 is 0 Å². The topological polar surface area (TPSA) is 53.7 Å². The van der Waals surface area contributed by atoms with Crippen molar-refractivity contribution in [1.29, 1.82) is 0 Å². The number of benzene rings is 1. The van der Waals surface area contributed by atoms with E-state index in [9.17, 15) is 0 Å². The van der Waals surface area contributed by atoms with Gasteiger partial charge in [-0.05, 0) is 43.4 Å². The predicted molar refractivity (Wildman–Crippen MR) is 74.8 cm³/mol. The summed E-state index contributed by atoms with van der Waals surface area (Å²) >= 11 is 0. The Labute approximate surface area is 114 Å². The van der Waals surface area contributed by atoms with Gasteiger partial charge in [-0.2, -0.15) is 0 Å². The van der Waals surface area contributed by atoms with Crippen LogP contribution in [0.2, 0.25) is 0 Å². The zero-order valence-electron chi connectivity index (χ0n) is 11.9. The lowest BCUT2D eigenvalue weighted by Crippen LogP contribution is -2.28. The van der Waals surface area contributed by atoms with E-state index in [1.807, 2.05) is 19.1 Å². The molecule has 0 aromatic heterocycles. The van der Waals surface area contributed by atoms with Crippen molar-refractivity contribution >= 4 is 0 Å². The van der Waals surface area contributed by atoms with Crippen LogP contribution < -0.4 is 15.2 Å². The molecule has 1 saturated heterocycles. The van der Waals surface area contributed by atoms with Gasteiger partial charge in [0, 0.05) is 19.3 Å². The third-order valence-corrected chi connectivity index (χ3v) is 3.80. The van der Waals surface area contributed by atoms with Crippen LogP contribution in [0, 0.1) is 12.8 Å². The molecule has 2 rings (SSSR count). The summed E-state index contributed by atoms with van der Waals surface area (Å²) < 4.78 is 16.4. The molecular weight excluding hydrogens is 242 g/mol. The molecule has 0 saturated carbocycles. The quantitative estimate of drug-likeness (QED) is 0.908. The number of aryl methyl sites for hydroxylation is 1. The van der Waals surface area contributed by atoms with E-state index in [1.165, 1.54) is 0 Å². The Morgan fingerprint density at radius 3 is 2.16 bits per heavy atom. The van der Waals surface area contributed by atoms with Crippen LogP contribution in [0.15, 0.2) is 12.1 Å². The number of hydrogen-bond donors (Lipinski definition) is 1. The van der Waals surface area contributed by atoms with Gasteiger partial charge in [0.1, 0.15) is 11.5 Å². The van der Waals surface area contributed by atoms with Gasteiger partial charge < -0.3 is 19.9 Å². The summed E-state index contributed by atoms with van der Waals surface area (Å²) in [4.78, 5) is 0. The second-order valence-electron chi connectivity index (χ2n) is 5.06. The third kappa shape index (κ3) is 3.01. The molecule has 1 heterocycles. The summed E-state index contributed by atoms with van der Waals surface area (Å²) in [5.74, 6) is 2.05. The molecule has 106 valence electrons. The number of ether oxygens (including phenoxy) is 3. The van der Waals surface area contributed by atoms with Gasteiger partial charge in [0.2, 0.25) is 0 Å². The maximum Gasteiger partial charge on any atom is 0.127 e. The molecule has 1 aromatic carbocycles. The maximum atomic E-state index is 6.46. The molecule has 4 nitrogen and oxygen atoms in total. The van der Waals surface area contributed by atoms with Crippen LogP contribution in [0.25, 0.3) is 0 Å². The van der Waals surface area contributed by atoms with Gasteiger partial charge in [0.05, 0.1) is 19.8 Å². The minimum absolute atomic E-state index is 0.0746. The molecule has 1 aromatic rings. The lowest BCUT2D eigenvalue weighted by Gasteiger charge is -2.29. The average molecular weight is 265 g/mol. The molecular formula is C15H23NO3. The first-order chi connectivity index (χ1) is 9.17. The Balaban J connectivity index is 2.35. The molecule has 1 fully saturated rings. The number of methoxy groups -OCH3 is 2. The van der Waals surface area contributed by atoms with E-state index in [4.69, 9.17) is 19.9 Å². The van der Waals surface area contributed by atoms with Crippen molar-refractivity contribution in [2.75, 3.05) is 27.4 Å². The molecule has 0 spiro atoms. The van der Waals surface area contributed by atoms with Crippen LogP contribution in [-0.2, 0) is 4.74 Å². The number of nitrogens with two attached hydrogens (primary N) is 1. The fourth-order valence-electron chi connectivity index (χ4n) is 2.71. The van der Waals surface area contributed by atoms with Crippen molar-refractivity contribution in [3.05, 3.63) is 23.3 Å². The van der Waals surface area contributed by atoms with Crippen molar-refractivity contribution in [2.45, 2.75) is 25.8 Å². The Kier molecular flexibility index (Phi) is 4.66. The Bertz CT molecular complexity index is 402. The molecule has 0 aliphatic carbocycles. The minimum atomic E-state index is -0.0746. The first kappa shape index (κ1) is 14.2. The summed E-state index contributed by atoms with van der Waals surface area (Å²) in [6, 6.07) is 3.95. The van der Waals surface area contributed by atoms with E-state index in [0.717, 1.165) is 48.7 Å². The summed E-state index contributed by atoms with van der Waals surface area (Å²) in [7, 11) is 3.35. The summed E-state index contributed by atoms with van der Waals surface area (Å²) in [5.41, 5.74) is 8.54. The third-order valence-electron chi connectivity index (χ3n) is 3.80. The molecule has 0 unspecified atom stereocenters. The van der Waals surface area contributed by atoms with Gasteiger partial charge in [-0.3, -0.25) is 0 Å². The van der Waals surface area contributed by atoms with Gasteiger partial charge in [-0.15, -0.1) is 0 Å². The number of rotatable bonds is 4. The van der Waals surface area contributed by atoms with E-state index in [2.05, 4.69) is 0 Å². The van der Waals surface area contributed by atoms with E-state index >= 15 is 0 Å². The second kappa shape index (κ2) is 6.26. The molecule has 4 heteroatoms. The molecule has 2 N–H and O–H groups in total. The molecule has 0 radical (unpaired) electrons. The van der Waals surface area contributed by atoms with E-state index < -0.39 is 0 Å². The van der Waals surface area contributed by atoms with Gasteiger partial charge in [-0.1, -0.05) is 0 Å². The normalized spacial score (nSPS) is 18.1. The minimum Gasteiger partial charge on any atom is -0.496 e. The zero-order chi connectivity index (χ0) is 13.8. The van der Waals surface area contributed by atoms with Crippen molar-refractivity contribution in [3.8, 4) is 11.5 Å². The van der Waals surface area contributed by atoms with E-state index in [-0.39, 0.29) is 6.04 Å². The largest absolute Gasteiger partial charge is 0.496 e.